The Morgan fingerprint density at radius 1 is 1.22 bits per heavy atom. The SMILES string of the molecule is CCOc1ccccc1NC(=O)C1CN(c2nc3c(OC)cccc3s2)C1. The van der Waals surface area contributed by atoms with Gasteiger partial charge in [-0.15, -0.1) is 0 Å². The van der Waals surface area contributed by atoms with Crippen LogP contribution in [0.4, 0.5) is 10.8 Å². The topological polar surface area (TPSA) is 63.7 Å². The number of nitrogens with zero attached hydrogens (tertiary/aromatic N) is 2. The molecule has 1 aromatic heterocycles. The molecule has 0 unspecified atom stereocenters. The summed E-state index contributed by atoms with van der Waals surface area (Å²) in [5.41, 5.74) is 1.59. The minimum Gasteiger partial charge on any atom is -0.494 e. The Bertz CT molecular complexity index is 966. The number of aromatic nitrogens is 1. The van der Waals surface area contributed by atoms with E-state index >= 15 is 0 Å². The van der Waals surface area contributed by atoms with E-state index in [0.29, 0.717) is 31.1 Å². The van der Waals surface area contributed by atoms with Crippen LogP contribution in [-0.4, -0.2) is 37.7 Å². The van der Waals surface area contributed by atoms with Crippen LogP contribution in [0, 0.1) is 5.92 Å². The van der Waals surface area contributed by atoms with Gasteiger partial charge in [-0.1, -0.05) is 29.5 Å². The predicted molar refractivity (Wildman–Crippen MR) is 108 cm³/mol. The van der Waals surface area contributed by atoms with E-state index in [1.54, 1.807) is 18.4 Å². The number of benzene rings is 2. The van der Waals surface area contributed by atoms with Crippen molar-refractivity contribution in [3.63, 3.8) is 0 Å². The quantitative estimate of drug-likeness (QED) is 0.702. The number of carbonyl (C=O) groups excluding carboxylic acids is 1. The van der Waals surface area contributed by atoms with Crippen LogP contribution in [-0.2, 0) is 4.79 Å². The molecule has 1 aliphatic heterocycles. The third-order valence-corrected chi connectivity index (χ3v) is 5.64. The van der Waals surface area contributed by atoms with Crippen LogP contribution in [0.1, 0.15) is 6.92 Å². The number of fused-ring (bicyclic) bond motifs is 1. The number of thiazole rings is 1. The zero-order chi connectivity index (χ0) is 18.8. The van der Waals surface area contributed by atoms with Crippen LogP contribution in [0.5, 0.6) is 11.5 Å². The molecule has 1 aliphatic rings. The smallest absolute Gasteiger partial charge is 0.231 e. The van der Waals surface area contributed by atoms with Gasteiger partial charge in [0, 0.05) is 13.1 Å². The molecule has 0 bridgehead atoms. The Balaban J connectivity index is 1.41. The first-order valence-corrected chi connectivity index (χ1v) is 9.72. The molecular formula is C20H21N3O3S. The van der Waals surface area contributed by atoms with Gasteiger partial charge in [0.05, 0.1) is 30.0 Å². The van der Waals surface area contributed by atoms with Crippen molar-refractivity contribution in [3.8, 4) is 11.5 Å². The summed E-state index contributed by atoms with van der Waals surface area (Å²) in [6.07, 6.45) is 0. The molecule has 1 amide bonds. The van der Waals surface area contributed by atoms with Crippen LogP contribution in [0.3, 0.4) is 0 Å². The lowest BCUT2D eigenvalue weighted by molar-refractivity contribution is -0.120. The molecule has 1 N–H and O–H groups in total. The fourth-order valence-electron chi connectivity index (χ4n) is 3.10. The van der Waals surface area contributed by atoms with Crippen LogP contribution in [0.2, 0.25) is 0 Å². The van der Waals surface area contributed by atoms with Crippen LogP contribution < -0.4 is 19.7 Å². The molecule has 0 aliphatic carbocycles. The van der Waals surface area contributed by atoms with Crippen LogP contribution in [0.15, 0.2) is 42.5 Å². The standard InChI is InChI=1S/C20H21N3O3S/c1-3-26-15-8-5-4-7-14(15)21-19(24)13-11-23(12-13)20-22-18-16(25-2)9-6-10-17(18)27-20/h4-10,13H,3,11-12H2,1-2H3,(H,21,24). The number of anilines is 2. The van der Waals surface area contributed by atoms with Crippen LogP contribution >= 0.6 is 11.3 Å². The Kier molecular flexibility index (Phi) is 4.85. The minimum absolute atomic E-state index is 0.0112. The van der Waals surface area contributed by atoms with Gasteiger partial charge in [0.15, 0.2) is 5.13 Å². The monoisotopic (exact) mass is 383 g/mol. The van der Waals surface area contributed by atoms with E-state index in [4.69, 9.17) is 9.47 Å². The first-order valence-electron chi connectivity index (χ1n) is 8.90. The predicted octanol–water partition coefficient (Wildman–Crippen LogP) is 3.78. The molecule has 4 rings (SSSR count). The van der Waals surface area contributed by atoms with E-state index < -0.39 is 0 Å². The largest absolute Gasteiger partial charge is 0.494 e. The lowest BCUT2D eigenvalue weighted by atomic mass is 10.00. The maximum Gasteiger partial charge on any atom is 0.231 e. The van der Waals surface area contributed by atoms with Crippen molar-refractivity contribution < 1.29 is 14.3 Å². The summed E-state index contributed by atoms with van der Waals surface area (Å²) in [7, 11) is 1.65. The highest BCUT2D eigenvalue weighted by Crippen LogP contribution is 2.37. The summed E-state index contributed by atoms with van der Waals surface area (Å²) in [5, 5.41) is 3.91. The summed E-state index contributed by atoms with van der Waals surface area (Å²) in [6, 6.07) is 13.4. The molecule has 3 aromatic rings. The molecule has 0 saturated carbocycles. The second-order valence-electron chi connectivity index (χ2n) is 6.32. The fourth-order valence-corrected chi connectivity index (χ4v) is 4.10. The summed E-state index contributed by atoms with van der Waals surface area (Å²) in [6.45, 7) is 3.80. The van der Waals surface area contributed by atoms with Crippen molar-refractivity contribution in [1.29, 1.82) is 0 Å². The molecule has 0 atom stereocenters. The Morgan fingerprint density at radius 3 is 2.78 bits per heavy atom. The molecule has 1 saturated heterocycles. The normalized spacial score (nSPS) is 14.1. The first-order chi connectivity index (χ1) is 13.2. The maximum atomic E-state index is 12.6. The van der Waals surface area contributed by atoms with Gasteiger partial charge >= 0.3 is 0 Å². The van der Waals surface area contributed by atoms with Gasteiger partial charge in [0.25, 0.3) is 0 Å². The van der Waals surface area contributed by atoms with Gasteiger partial charge in [0.2, 0.25) is 5.91 Å². The minimum atomic E-state index is -0.0615. The molecule has 27 heavy (non-hydrogen) atoms. The Labute approximate surface area is 161 Å². The number of hydrogen-bond donors (Lipinski definition) is 1. The van der Waals surface area contributed by atoms with E-state index in [0.717, 1.165) is 21.1 Å². The van der Waals surface area contributed by atoms with E-state index in [-0.39, 0.29) is 11.8 Å². The molecule has 2 heterocycles. The lowest BCUT2D eigenvalue weighted by Gasteiger charge is -2.38. The summed E-state index contributed by atoms with van der Waals surface area (Å²) < 4.78 is 12.0. The molecule has 140 valence electrons. The van der Waals surface area contributed by atoms with E-state index in [1.165, 1.54) is 0 Å². The average Bonchev–Trinajstić information content (AvgIpc) is 3.06. The third-order valence-electron chi connectivity index (χ3n) is 4.56. The number of hydrogen-bond acceptors (Lipinski definition) is 6. The number of para-hydroxylation sites is 3. The van der Waals surface area contributed by atoms with Gasteiger partial charge < -0.3 is 19.7 Å². The Hall–Kier alpha value is -2.80. The van der Waals surface area contributed by atoms with Crippen molar-refractivity contribution in [1.82, 2.24) is 4.98 Å². The fraction of sp³-hybridized carbons (Fsp3) is 0.300. The second-order valence-corrected chi connectivity index (χ2v) is 7.33. The number of carbonyl (C=O) groups is 1. The number of nitrogens with one attached hydrogen (secondary N) is 1. The van der Waals surface area contributed by atoms with Gasteiger partial charge in [-0.3, -0.25) is 4.79 Å². The Morgan fingerprint density at radius 2 is 2.00 bits per heavy atom. The molecule has 2 aromatic carbocycles. The summed E-state index contributed by atoms with van der Waals surface area (Å²) in [4.78, 5) is 19.4. The number of ether oxygens (including phenoxy) is 2. The molecule has 1 fully saturated rings. The van der Waals surface area contributed by atoms with Gasteiger partial charge in [0.1, 0.15) is 17.0 Å². The zero-order valence-corrected chi connectivity index (χ0v) is 16.1. The molecule has 6 nitrogen and oxygen atoms in total. The van der Waals surface area contributed by atoms with E-state index in [2.05, 4.69) is 15.2 Å². The van der Waals surface area contributed by atoms with Crippen molar-refractivity contribution in [2.24, 2.45) is 5.92 Å². The van der Waals surface area contributed by atoms with Crippen LogP contribution in [0.25, 0.3) is 10.2 Å². The first kappa shape index (κ1) is 17.6. The maximum absolute atomic E-state index is 12.6. The summed E-state index contributed by atoms with van der Waals surface area (Å²) >= 11 is 1.62. The number of rotatable bonds is 6. The highest BCUT2D eigenvalue weighted by Gasteiger charge is 2.34. The third kappa shape index (κ3) is 3.42. The van der Waals surface area contributed by atoms with Crippen molar-refractivity contribution in [3.05, 3.63) is 42.5 Å². The van der Waals surface area contributed by atoms with Gasteiger partial charge in [-0.05, 0) is 31.2 Å². The van der Waals surface area contributed by atoms with E-state index in [9.17, 15) is 4.79 Å². The van der Waals surface area contributed by atoms with Gasteiger partial charge in [-0.2, -0.15) is 0 Å². The zero-order valence-electron chi connectivity index (χ0n) is 15.3. The summed E-state index contributed by atoms with van der Waals surface area (Å²) in [5.74, 6) is 1.42. The molecule has 0 spiro atoms. The van der Waals surface area contributed by atoms with Crippen molar-refractivity contribution in [2.75, 3.05) is 37.0 Å². The van der Waals surface area contributed by atoms with Crippen molar-refractivity contribution >= 4 is 38.3 Å². The number of amides is 1. The molecular weight excluding hydrogens is 362 g/mol. The van der Waals surface area contributed by atoms with Gasteiger partial charge in [-0.25, -0.2) is 4.98 Å². The average molecular weight is 383 g/mol. The lowest BCUT2D eigenvalue weighted by Crippen LogP contribution is -2.52. The molecule has 0 radical (unpaired) electrons. The number of methoxy groups -OCH3 is 1. The van der Waals surface area contributed by atoms with E-state index in [1.807, 2.05) is 49.4 Å². The molecule has 7 heteroatoms. The van der Waals surface area contributed by atoms with Crippen molar-refractivity contribution in [2.45, 2.75) is 6.92 Å². The highest BCUT2D eigenvalue weighted by atomic mass is 32.1. The second kappa shape index (κ2) is 7.44. The highest BCUT2D eigenvalue weighted by molar-refractivity contribution is 7.22.